The minimum absolute atomic E-state index is 0.0340. The van der Waals surface area contributed by atoms with Gasteiger partial charge in [0.1, 0.15) is 5.75 Å². The predicted molar refractivity (Wildman–Crippen MR) is 82.7 cm³/mol. The van der Waals surface area contributed by atoms with Gasteiger partial charge in [0.2, 0.25) is 0 Å². The minimum atomic E-state index is -0.0340. The van der Waals surface area contributed by atoms with E-state index < -0.39 is 0 Å². The molecule has 0 saturated carbocycles. The molecule has 0 N–H and O–H groups in total. The minimum Gasteiger partial charge on any atom is -0.490 e. The van der Waals surface area contributed by atoms with Crippen LogP contribution in [0.1, 0.15) is 31.1 Å². The fourth-order valence-electron chi connectivity index (χ4n) is 2.03. The lowest BCUT2D eigenvalue weighted by Gasteiger charge is -2.14. The zero-order valence-electron chi connectivity index (χ0n) is 11.8. The summed E-state index contributed by atoms with van der Waals surface area (Å²) in [6.07, 6.45) is 0.100. The Morgan fingerprint density at radius 2 is 1.85 bits per heavy atom. The molecule has 2 rings (SSSR count). The Kier molecular flexibility index (Phi) is 4.46. The number of halogens is 1. The molecule has 0 spiro atoms. The van der Waals surface area contributed by atoms with E-state index >= 15 is 0 Å². The van der Waals surface area contributed by atoms with Crippen molar-refractivity contribution in [2.75, 3.05) is 0 Å². The predicted octanol–water partition coefficient (Wildman–Crippen LogP) is 5.00. The summed E-state index contributed by atoms with van der Waals surface area (Å²) in [6, 6.07) is 13.3. The molecule has 104 valence electrons. The molecule has 0 heterocycles. The van der Waals surface area contributed by atoms with Gasteiger partial charge in [0.05, 0.1) is 11.1 Å². The molecule has 2 aromatic carbocycles. The third-order valence-corrected chi connectivity index (χ3v) is 3.22. The van der Waals surface area contributed by atoms with E-state index in [-0.39, 0.29) is 11.9 Å². The Labute approximate surface area is 124 Å². The van der Waals surface area contributed by atoms with Gasteiger partial charge in [-0.15, -0.1) is 0 Å². The van der Waals surface area contributed by atoms with Crippen LogP contribution in [0.4, 0.5) is 0 Å². The van der Waals surface area contributed by atoms with Crippen LogP contribution in [0.25, 0.3) is 11.1 Å². The summed E-state index contributed by atoms with van der Waals surface area (Å²) in [4.78, 5) is 11.4. The average molecular weight is 289 g/mol. The Hall–Kier alpha value is -1.80. The Morgan fingerprint density at radius 3 is 2.45 bits per heavy atom. The van der Waals surface area contributed by atoms with Crippen molar-refractivity contribution in [3.63, 3.8) is 0 Å². The summed E-state index contributed by atoms with van der Waals surface area (Å²) in [5.41, 5.74) is 2.45. The lowest BCUT2D eigenvalue weighted by molar-refractivity contribution is 0.101. The quantitative estimate of drug-likeness (QED) is 0.740. The highest BCUT2D eigenvalue weighted by Crippen LogP contribution is 2.33. The number of hydrogen-bond acceptors (Lipinski definition) is 2. The van der Waals surface area contributed by atoms with Crippen LogP contribution in [0.5, 0.6) is 5.75 Å². The van der Waals surface area contributed by atoms with Crippen molar-refractivity contribution in [3.8, 4) is 16.9 Å². The van der Waals surface area contributed by atoms with Crippen LogP contribution in [0.3, 0.4) is 0 Å². The first kappa shape index (κ1) is 14.6. The van der Waals surface area contributed by atoms with Gasteiger partial charge in [-0.05, 0) is 44.5 Å². The van der Waals surface area contributed by atoms with Crippen LogP contribution in [0, 0.1) is 0 Å². The number of carbonyl (C=O) groups excluding carboxylic acids is 1. The van der Waals surface area contributed by atoms with Gasteiger partial charge in [0.25, 0.3) is 0 Å². The summed E-state index contributed by atoms with van der Waals surface area (Å²) < 4.78 is 5.81. The number of rotatable bonds is 4. The van der Waals surface area contributed by atoms with Crippen LogP contribution >= 0.6 is 11.6 Å². The van der Waals surface area contributed by atoms with Crippen molar-refractivity contribution in [3.05, 3.63) is 53.1 Å². The van der Waals surface area contributed by atoms with Crippen molar-refractivity contribution in [2.45, 2.75) is 26.9 Å². The van der Waals surface area contributed by atoms with E-state index in [0.717, 1.165) is 16.9 Å². The highest BCUT2D eigenvalue weighted by Gasteiger charge is 2.11. The second-order valence-corrected chi connectivity index (χ2v) is 5.32. The molecule has 0 amide bonds. The molecule has 0 fully saturated rings. The smallest absolute Gasteiger partial charge is 0.161 e. The first-order valence-corrected chi connectivity index (χ1v) is 6.93. The maximum absolute atomic E-state index is 11.4. The molecule has 0 aliphatic carbocycles. The largest absolute Gasteiger partial charge is 0.490 e. The Balaban J connectivity index is 2.46. The van der Waals surface area contributed by atoms with Crippen molar-refractivity contribution in [1.82, 2.24) is 0 Å². The maximum Gasteiger partial charge on any atom is 0.161 e. The van der Waals surface area contributed by atoms with Gasteiger partial charge in [-0.25, -0.2) is 0 Å². The molecule has 2 aromatic rings. The van der Waals surface area contributed by atoms with Crippen molar-refractivity contribution < 1.29 is 9.53 Å². The molecule has 3 heteroatoms. The Morgan fingerprint density at radius 1 is 1.15 bits per heavy atom. The molecule has 0 aliphatic heterocycles. The number of ether oxygens (including phenoxy) is 1. The molecule has 0 radical (unpaired) electrons. The number of Topliss-reactive ketones (excluding diaryl/α,β-unsaturated/α-hetero) is 1. The second kappa shape index (κ2) is 6.10. The molecule has 0 unspecified atom stereocenters. The number of ketones is 1. The van der Waals surface area contributed by atoms with Gasteiger partial charge >= 0.3 is 0 Å². The number of carbonyl (C=O) groups is 1. The van der Waals surface area contributed by atoms with Crippen LogP contribution in [0.15, 0.2) is 42.5 Å². The van der Waals surface area contributed by atoms with E-state index in [1.807, 2.05) is 44.2 Å². The fraction of sp³-hybridized carbons (Fsp3) is 0.235. The van der Waals surface area contributed by atoms with Crippen LogP contribution in [-0.2, 0) is 0 Å². The Bertz CT molecular complexity index is 633. The van der Waals surface area contributed by atoms with Gasteiger partial charge < -0.3 is 4.74 Å². The number of benzene rings is 2. The average Bonchev–Trinajstić information content (AvgIpc) is 2.38. The fourth-order valence-corrected chi connectivity index (χ4v) is 2.34. The molecule has 0 aromatic heterocycles. The zero-order valence-corrected chi connectivity index (χ0v) is 12.6. The third kappa shape index (κ3) is 3.20. The first-order valence-electron chi connectivity index (χ1n) is 6.55. The zero-order chi connectivity index (χ0) is 14.7. The van der Waals surface area contributed by atoms with Gasteiger partial charge in [-0.3, -0.25) is 4.79 Å². The highest BCUT2D eigenvalue weighted by atomic mass is 35.5. The van der Waals surface area contributed by atoms with E-state index in [2.05, 4.69) is 0 Å². The van der Waals surface area contributed by atoms with E-state index in [0.29, 0.717) is 10.6 Å². The van der Waals surface area contributed by atoms with Crippen molar-refractivity contribution >= 4 is 17.4 Å². The topological polar surface area (TPSA) is 26.3 Å². The number of hydrogen-bond donors (Lipinski definition) is 0. The summed E-state index contributed by atoms with van der Waals surface area (Å²) in [5.74, 6) is 0.780. The van der Waals surface area contributed by atoms with Gasteiger partial charge in [0, 0.05) is 11.1 Å². The molecule has 0 atom stereocenters. The van der Waals surface area contributed by atoms with Crippen molar-refractivity contribution in [1.29, 1.82) is 0 Å². The molecule has 20 heavy (non-hydrogen) atoms. The summed E-state index contributed by atoms with van der Waals surface area (Å²) in [5, 5.41) is 0.467. The second-order valence-electron chi connectivity index (χ2n) is 4.91. The van der Waals surface area contributed by atoms with Crippen LogP contribution in [-0.4, -0.2) is 11.9 Å². The summed E-state index contributed by atoms with van der Waals surface area (Å²) in [7, 11) is 0. The maximum atomic E-state index is 11.4. The standard InChI is InChI=1S/C17H17ClO2/c1-11(2)20-17-7-5-4-6-15(17)13-8-9-14(12(3)19)16(18)10-13/h4-11H,1-3H3. The van der Waals surface area contributed by atoms with E-state index in [1.165, 1.54) is 6.92 Å². The molecule has 0 saturated heterocycles. The van der Waals surface area contributed by atoms with Crippen LogP contribution in [0.2, 0.25) is 5.02 Å². The highest BCUT2D eigenvalue weighted by molar-refractivity contribution is 6.34. The van der Waals surface area contributed by atoms with Crippen LogP contribution < -0.4 is 4.74 Å². The molecule has 0 aliphatic rings. The van der Waals surface area contributed by atoms with Crippen molar-refractivity contribution in [2.24, 2.45) is 0 Å². The summed E-state index contributed by atoms with van der Waals surface area (Å²) in [6.45, 7) is 5.49. The van der Waals surface area contributed by atoms with Gasteiger partial charge in [-0.1, -0.05) is 35.9 Å². The van der Waals surface area contributed by atoms with E-state index in [1.54, 1.807) is 12.1 Å². The van der Waals surface area contributed by atoms with E-state index in [4.69, 9.17) is 16.3 Å². The SMILES string of the molecule is CC(=O)c1ccc(-c2ccccc2OC(C)C)cc1Cl. The lowest BCUT2D eigenvalue weighted by atomic mass is 10.0. The third-order valence-electron chi connectivity index (χ3n) is 2.91. The summed E-state index contributed by atoms with van der Waals surface area (Å²) >= 11 is 6.17. The van der Waals surface area contributed by atoms with Gasteiger partial charge in [0.15, 0.2) is 5.78 Å². The molecular weight excluding hydrogens is 272 g/mol. The lowest BCUT2D eigenvalue weighted by Crippen LogP contribution is -2.06. The monoisotopic (exact) mass is 288 g/mol. The molecule has 2 nitrogen and oxygen atoms in total. The first-order chi connectivity index (χ1) is 9.49. The molecular formula is C17H17ClO2. The van der Waals surface area contributed by atoms with E-state index in [9.17, 15) is 4.79 Å². The normalized spacial score (nSPS) is 10.7. The van der Waals surface area contributed by atoms with Gasteiger partial charge in [-0.2, -0.15) is 0 Å². The number of para-hydroxylation sites is 1. The molecule has 0 bridgehead atoms.